The Labute approximate surface area is 197 Å². The zero-order valence-corrected chi connectivity index (χ0v) is 19.3. The molecule has 7 nitrogen and oxygen atoms in total. The molecule has 1 saturated heterocycles. The van der Waals surface area contributed by atoms with Gasteiger partial charge in [-0.2, -0.15) is 0 Å². The summed E-state index contributed by atoms with van der Waals surface area (Å²) in [6, 6.07) is 7.87. The van der Waals surface area contributed by atoms with Crippen LogP contribution in [0.3, 0.4) is 0 Å². The number of morpholine rings is 1. The van der Waals surface area contributed by atoms with E-state index in [1.807, 2.05) is 4.40 Å². The molecule has 0 bridgehead atoms. The van der Waals surface area contributed by atoms with Gasteiger partial charge in [-0.3, -0.25) is 4.40 Å². The summed E-state index contributed by atoms with van der Waals surface area (Å²) in [5, 5.41) is 0. The van der Waals surface area contributed by atoms with E-state index in [9.17, 15) is 0 Å². The summed E-state index contributed by atoms with van der Waals surface area (Å²) >= 11 is 0. The summed E-state index contributed by atoms with van der Waals surface area (Å²) in [5.41, 5.74) is 7.01. The van der Waals surface area contributed by atoms with Crippen LogP contribution in [0.5, 0.6) is 0 Å². The van der Waals surface area contributed by atoms with Crippen LogP contribution in [0.2, 0.25) is 0 Å². The first-order valence-electron chi connectivity index (χ1n) is 11.6. The van der Waals surface area contributed by atoms with Crippen molar-refractivity contribution in [3.8, 4) is 11.1 Å². The lowest BCUT2D eigenvalue weighted by atomic mass is 9.96. The second-order valence-corrected chi connectivity index (χ2v) is 8.94. The number of hydrogen-bond acceptors (Lipinski definition) is 6. The first kappa shape index (κ1) is 21.2. The molecule has 1 aromatic carbocycles. The monoisotopic (exact) mass is 459 g/mol. The summed E-state index contributed by atoms with van der Waals surface area (Å²) in [7, 11) is 0. The summed E-state index contributed by atoms with van der Waals surface area (Å²) in [4.78, 5) is 15.8. The maximum Gasteiger partial charge on any atom is 0.225 e. The second kappa shape index (κ2) is 8.45. The van der Waals surface area contributed by atoms with Gasteiger partial charge in [0.05, 0.1) is 31.2 Å². The number of anilines is 1. The molecule has 0 amide bonds. The number of aromatic nitrogens is 4. The number of pyridine rings is 1. The Kier molecular flexibility index (Phi) is 5.27. The van der Waals surface area contributed by atoms with Crippen LogP contribution in [0.4, 0.5) is 10.3 Å². The second-order valence-electron chi connectivity index (χ2n) is 8.94. The number of nitrogens with zero attached hydrogens (tertiary/aromatic N) is 5. The van der Waals surface area contributed by atoms with Crippen molar-refractivity contribution in [2.75, 3.05) is 37.8 Å². The highest BCUT2D eigenvalue weighted by atomic mass is 19.1. The van der Waals surface area contributed by atoms with Crippen LogP contribution in [0.25, 0.3) is 16.8 Å². The molecular weight excluding hydrogens is 433 g/mol. The van der Waals surface area contributed by atoms with E-state index >= 15 is 4.39 Å². The number of hydrogen-bond donors (Lipinski definition) is 0. The summed E-state index contributed by atoms with van der Waals surface area (Å²) in [5.74, 6) is 0.290. The number of aryl methyl sites for hydroxylation is 2. The first-order valence-corrected chi connectivity index (χ1v) is 11.6. The van der Waals surface area contributed by atoms with Gasteiger partial charge in [-0.25, -0.2) is 19.3 Å². The molecule has 34 heavy (non-hydrogen) atoms. The highest BCUT2D eigenvalue weighted by Gasteiger charge is 2.29. The van der Waals surface area contributed by atoms with Gasteiger partial charge in [0.25, 0.3) is 0 Å². The van der Waals surface area contributed by atoms with Crippen LogP contribution in [0.15, 0.2) is 42.9 Å². The summed E-state index contributed by atoms with van der Waals surface area (Å²) in [6.07, 6.45) is 5.62. The lowest BCUT2D eigenvalue weighted by molar-refractivity contribution is 0.0650. The first-order chi connectivity index (χ1) is 16.6. The van der Waals surface area contributed by atoms with Crippen molar-refractivity contribution in [1.29, 1.82) is 0 Å². The van der Waals surface area contributed by atoms with Crippen molar-refractivity contribution in [3.05, 3.63) is 76.8 Å². The highest BCUT2D eigenvalue weighted by molar-refractivity contribution is 5.65. The third-order valence-corrected chi connectivity index (χ3v) is 6.65. The fourth-order valence-electron chi connectivity index (χ4n) is 4.82. The van der Waals surface area contributed by atoms with Crippen LogP contribution >= 0.6 is 0 Å². The number of halogens is 1. The van der Waals surface area contributed by atoms with Gasteiger partial charge in [-0.15, -0.1) is 0 Å². The van der Waals surface area contributed by atoms with Gasteiger partial charge < -0.3 is 14.4 Å². The van der Waals surface area contributed by atoms with Gasteiger partial charge in [0, 0.05) is 55.3 Å². The third kappa shape index (κ3) is 3.63. The van der Waals surface area contributed by atoms with Crippen molar-refractivity contribution in [3.63, 3.8) is 0 Å². The molecule has 4 aromatic rings. The van der Waals surface area contributed by atoms with E-state index in [-0.39, 0.29) is 11.9 Å². The molecule has 1 fully saturated rings. The molecule has 2 aliphatic rings. The van der Waals surface area contributed by atoms with Crippen molar-refractivity contribution in [1.82, 2.24) is 19.4 Å². The lowest BCUT2D eigenvalue weighted by Gasteiger charge is -2.26. The lowest BCUT2D eigenvalue weighted by Crippen LogP contribution is -2.37. The van der Waals surface area contributed by atoms with Gasteiger partial charge >= 0.3 is 0 Å². The van der Waals surface area contributed by atoms with Gasteiger partial charge in [-0.1, -0.05) is 23.8 Å². The number of rotatable bonds is 3. The standard InChI is InChI=1S/C26H26FN5O2/c1-16-3-4-17(2)19(11-16)25-24-22(5-8-34-25)30-23-12-21(27)20(15-32(23)24)18-13-28-26(29-14-18)31-6-9-33-10-7-31/h3-4,11-15,25H,5-10H2,1-2H3. The fraction of sp³-hybridized carbons (Fsp3) is 0.346. The molecule has 1 unspecified atom stereocenters. The smallest absolute Gasteiger partial charge is 0.225 e. The van der Waals surface area contributed by atoms with E-state index in [1.165, 1.54) is 11.6 Å². The van der Waals surface area contributed by atoms with Gasteiger partial charge in [0.1, 0.15) is 17.6 Å². The molecule has 1 atom stereocenters. The Bertz CT molecular complexity index is 1360. The normalized spacial score (nSPS) is 18.3. The Balaban J connectivity index is 1.43. The van der Waals surface area contributed by atoms with Crippen molar-refractivity contribution >= 4 is 11.6 Å². The van der Waals surface area contributed by atoms with E-state index in [4.69, 9.17) is 14.5 Å². The van der Waals surface area contributed by atoms with Crippen LogP contribution in [-0.2, 0) is 15.9 Å². The molecule has 8 heteroatoms. The quantitative estimate of drug-likeness (QED) is 0.461. The van der Waals surface area contributed by atoms with E-state index < -0.39 is 0 Å². The third-order valence-electron chi connectivity index (χ3n) is 6.65. The maximum absolute atomic E-state index is 15.2. The molecule has 0 spiro atoms. The van der Waals surface area contributed by atoms with Crippen LogP contribution < -0.4 is 4.90 Å². The molecule has 3 aromatic heterocycles. The van der Waals surface area contributed by atoms with E-state index in [2.05, 4.69) is 46.9 Å². The molecule has 0 aliphatic carbocycles. The SMILES string of the molecule is Cc1ccc(C)c(C2OCCc3nc4cc(F)c(-c5cnc(N6CCOCC6)nc5)cn4c32)c1. The average molecular weight is 460 g/mol. The molecule has 2 aliphatic heterocycles. The number of ether oxygens (including phenoxy) is 2. The predicted octanol–water partition coefficient (Wildman–Crippen LogP) is 4.05. The molecule has 174 valence electrons. The topological polar surface area (TPSA) is 64.8 Å². The Morgan fingerprint density at radius 1 is 1.03 bits per heavy atom. The Morgan fingerprint density at radius 2 is 1.82 bits per heavy atom. The fourth-order valence-corrected chi connectivity index (χ4v) is 4.82. The zero-order valence-electron chi connectivity index (χ0n) is 19.3. The highest BCUT2D eigenvalue weighted by Crippen LogP contribution is 2.36. The van der Waals surface area contributed by atoms with Gasteiger partial charge in [-0.05, 0) is 25.0 Å². The van der Waals surface area contributed by atoms with E-state index in [0.29, 0.717) is 49.0 Å². The summed E-state index contributed by atoms with van der Waals surface area (Å²) in [6.45, 7) is 7.57. The summed E-state index contributed by atoms with van der Waals surface area (Å²) < 4.78 is 28.8. The van der Waals surface area contributed by atoms with Crippen molar-refractivity contribution in [2.45, 2.75) is 26.4 Å². The minimum atomic E-state index is -0.346. The largest absolute Gasteiger partial charge is 0.378 e. The number of fused-ring (bicyclic) bond motifs is 3. The molecule has 0 N–H and O–H groups in total. The van der Waals surface area contributed by atoms with Crippen molar-refractivity contribution < 1.29 is 13.9 Å². The van der Waals surface area contributed by atoms with Crippen LogP contribution in [0, 0.1) is 19.7 Å². The van der Waals surface area contributed by atoms with E-state index in [1.54, 1.807) is 18.6 Å². The Hall–Kier alpha value is -3.36. The van der Waals surface area contributed by atoms with Crippen LogP contribution in [-0.4, -0.2) is 52.3 Å². The molecule has 0 saturated carbocycles. The van der Waals surface area contributed by atoms with Gasteiger partial charge in [0.15, 0.2) is 0 Å². The molecule has 6 rings (SSSR count). The van der Waals surface area contributed by atoms with Crippen molar-refractivity contribution in [2.24, 2.45) is 0 Å². The average Bonchev–Trinajstić information content (AvgIpc) is 3.23. The van der Waals surface area contributed by atoms with Crippen LogP contribution in [0.1, 0.15) is 34.2 Å². The minimum Gasteiger partial charge on any atom is -0.378 e. The molecule has 5 heterocycles. The number of benzene rings is 1. The molecular formula is C26H26FN5O2. The predicted molar refractivity (Wildman–Crippen MR) is 127 cm³/mol. The number of imidazole rings is 1. The maximum atomic E-state index is 15.2. The van der Waals surface area contributed by atoms with E-state index in [0.717, 1.165) is 35.6 Å². The minimum absolute atomic E-state index is 0.253. The Morgan fingerprint density at radius 3 is 2.62 bits per heavy atom. The zero-order chi connectivity index (χ0) is 23.2. The van der Waals surface area contributed by atoms with Gasteiger partial charge in [0.2, 0.25) is 5.95 Å². The molecule has 0 radical (unpaired) electrons.